The van der Waals surface area contributed by atoms with Crippen LogP contribution >= 0.6 is 0 Å². The Balaban J connectivity index is 5.58. The third-order valence-electron chi connectivity index (χ3n) is 5.07. The maximum atomic E-state index is 4.00. The van der Waals surface area contributed by atoms with Gasteiger partial charge in [-0.25, -0.2) is 0 Å². The Bertz CT molecular complexity index is 272. The van der Waals surface area contributed by atoms with E-state index in [0.717, 1.165) is 6.42 Å². The van der Waals surface area contributed by atoms with E-state index >= 15 is 0 Å². The maximum Gasteiger partial charge on any atom is -0.00282 e. The summed E-state index contributed by atoms with van der Waals surface area (Å²) >= 11 is 0. The van der Waals surface area contributed by atoms with Gasteiger partial charge in [-0.15, -0.1) is 6.58 Å². The van der Waals surface area contributed by atoms with Crippen molar-refractivity contribution >= 4 is 0 Å². The lowest BCUT2D eigenvalue weighted by atomic mass is 9.61. The molecule has 0 nitrogen and oxygen atoms in total. The molecule has 0 rings (SSSR count). The normalized spacial score (nSPS) is 19.4. The van der Waals surface area contributed by atoms with Crippen molar-refractivity contribution in [3.63, 3.8) is 0 Å². The fourth-order valence-corrected chi connectivity index (χ4v) is 3.31. The van der Waals surface area contributed by atoms with Gasteiger partial charge in [-0.2, -0.15) is 0 Å². The third-order valence-corrected chi connectivity index (χ3v) is 5.07. The summed E-state index contributed by atoms with van der Waals surface area (Å²) in [5, 5.41) is 0. The van der Waals surface area contributed by atoms with Gasteiger partial charge in [-0.05, 0) is 42.9 Å². The molecule has 0 saturated heterocycles. The van der Waals surface area contributed by atoms with Crippen LogP contribution in [0, 0.1) is 23.2 Å². The van der Waals surface area contributed by atoms with Crippen molar-refractivity contribution in [1.29, 1.82) is 0 Å². The number of rotatable bonds is 8. The first-order valence-corrected chi connectivity index (χ1v) is 7.68. The molecule has 3 unspecified atom stereocenters. The largest absolute Gasteiger partial charge is 0.103 e. The summed E-state index contributed by atoms with van der Waals surface area (Å²) in [6, 6.07) is 0. The van der Waals surface area contributed by atoms with Crippen molar-refractivity contribution in [2.24, 2.45) is 23.2 Å². The molecular weight excluding hydrogens is 216 g/mol. The Morgan fingerprint density at radius 1 is 1.17 bits per heavy atom. The van der Waals surface area contributed by atoms with Crippen molar-refractivity contribution in [3.05, 3.63) is 24.3 Å². The lowest BCUT2D eigenvalue weighted by molar-refractivity contribution is 0.185. The van der Waals surface area contributed by atoms with Gasteiger partial charge in [0.1, 0.15) is 0 Å². The molecule has 0 aromatic heterocycles. The quantitative estimate of drug-likeness (QED) is 0.447. The van der Waals surface area contributed by atoms with Gasteiger partial charge in [-0.1, -0.05) is 65.7 Å². The molecule has 0 radical (unpaired) electrons. The smallest absolute Gasteiger partial charge is 0.00282 e. The van der Waals surface area contributed by atoms with Gasteiger partial charge in [0.15, 0.2) is 0 Å². The van der Waals surface area contributed by atoms with Crippen LogP contribution in [0.3, 0.4) is 0 Å². The van der Waals surface area contributed by atoms with E-state index in [-0.39, 0.29) is 0 Å². The van der Waals surface area contributed by atoms with Crippen LogP contribution in [0.2, 0.25) is 0 Å². The Morgan fingerprint density at radius 2 is 1.72 bits per heavy atom. The lowest BCUT2D eigenvalue weighted by Crippen LogP contribution is -2.34. The van der Waals surface area contributed by atoms with E-state index < -0.39 is 0 Å². The fraction of sp³-hybridized carbons (Fsp3) is 0.778. The highest BCUT2D eigenvalue weighted by atomic mass is 14.4. The van der Waals surface area contributed by atoms with Crippen molar-refractivity contribution in [2.75, 3.05) is 0 Å². The Morgan fingerprint density at radius 3 is 2.00 bits per heavy atom. The summed E-state index contributed by atoms with van der Waals surface area (Å²) in [5.74, 6) is 2.08. The highest BCUT2D eigenvalue weighted by molar-refractivity contribution is 5.20. The number of allylic oxidation sites excluding steroid dienone is 3. The molecule has 106 valence electrons. The molecule has 0 aromatic carbocycles. The Labute approximate surface area is 116 Å². The van der Waals surface area contributed by atoms with Crippen molar-refractivity contribution in [1.82, 2.24) is 0 Å². The molecule has 3 atom stereocenters. The highest BCUT2D eigenvalue weighted by Crippen LogP contribution is 2.48. The summed E-state index contributed by atoms with van der Waals surface area (Å²) < 4.78 is 0. The Hall–Kier alpha value is -0.520. The van der Waals surface area contributed by atoms with Crippen LogP contribution in [0.1, 0.15) is 67.7 Å². The van der Waals surface area contributed by atoms with Crippen molar-refractivity contribution < 1.29 is 0 Å². The second-order valence-electron chi connectivity index (χ2n) is 6.09. The van der Waals surface area contributed by atoms with E-state index in [2.05, 4.69) is 67.2 Å². The molecule has 0 heteroatoms. The SMILES string of the molecule is C=CCC(CC)(C(=CC)C(C)C(C)C)C(C)CC. The standard InChI is InChI=1S/C18H34/c1-9-13-18(12-4,15(7)10-2)17(11-3)16(8)14(5)6/h9,11,14-16H,1,10,12-13H2,2-8H3. The van der Waals surface area contributed by atoms with E-state index in [0.29, 0.717) is 23.2 Å². The molecule has 0 aromatic rings. The van der Waals surface area contributed by atoms with Gasteiger partial charge in [-0.3, -0.25) is 0 Å². The molecule has 0 aliphatic heterocycles. The van der Waals surface area contributed by atoms with E-state index in [9.17, 15) is 0 Å². The van der Waals surface area contributed by atoms with Gasteiger partial charge in [0.2, 0.25) is 0 Å². The molecule has 0 aliphatic rings. The zero-order valence-corrected chi connectivity index (χ0v) is 13.7. The predicted molar refractivity (Wildman–Crippen MR) is 84.8 cm³/mol. The van der Waals surface area contributed by atoms with Crippen LogP contribution < -0.4 is 0 Å². The van der Waals surface area contributed by atoms with Gasteiger partial charge in [0.25, 0.3) is 0 Å². The van der Waals surface area contributed by atoms with Crippen LogP contribution in [-0.2, 0) is 0 Å². The van der Waals surface area contributed by atoms with Crippen LogP contribution in [0.4, 0.5) is 0 Å². The van der Waals surface area contributed by atoms with Crippen LogP contribution in [-0.4, -0.2) is 0 Å². The minimum absolute atomic E-state index is 0.314. The van der Waals surface area contributed by atoms with Gasteiger partial charge < -0.3 is 0 Å². The van der Waals surface area contributed by atoms with Crippen molar-refractivity contribution in [2.45, 2.75) is 67.7 Å². The molecule has 0 fully saturated rings. The van der Waals surface area contributed by atoms with Gasteiger partial charge in [0, 0.05) is 0 Å². The zero-order chi connectivity index (χ0) is 14.3. The molecule has 0 spiro atoms. The van der Waals surface area contributed by atoms with E-state index in [4.69, 9.17) is 0 Å². The van der Waals surface area contributed by atoms with Gasteiger partial charge >= 0.3 is 0 Å². The van der Waals surface area contributed by atoms with Crippen LogP contribution in [0.15, 0.2) is 24.3 Å². The summed E-state index contributed by atoms with van der Waals surface area (Å²) in [4.78, 5) is 0. The first-order chi connectivity index (χ1) is 8.41. The molecule has 0 saturated carbocycles. The van der Waals surface area contributed by atoms with Gasteiger partial charge in [0.05, 0.1) is 0 Å². The number of hydrogen-bond donors (Lipinski definition) is 0. The molecule has 0 N–H and O–H groups in total. The first kappa shape index (κ1) is 17.5. The monoisotopic (exact) mass is 250 g/mol. The average molecular weight is 250 g/mol. The second-order valence-corrected chi connectivity index (χ2v) is 6.09. The molecule has 18 heavy (non-hydrogen) atoms. The summed E-state index contributed by atoms with van der Waals surface area (Å²) in [6.07, 6.45) is 8.06. The lowest BCUT2D eigenvalue weighted by Gasteiger charge is -2.43. The van der Waals surface area contributed by atoms with Crippen LogP contribution in [0.5, 0.6) is 0 Å². The van der Waals surface area contributed by atoms with Crippen LogP contribution in [0.25, 0.3) is 0 Å². The molecule has 0 amide bonds. The fourth-order valence-electron chi connectivity index (χ4n) is 3.31. The summed E-state index contributed by atoms with van der Waals surface area (Å²) in [7, 11) is 0. The minimum atomic E-state index is 0.314. The molecular formula is C18H34. The zero-order valence-electron chi connectivity index (χ0n) is 13.7. The summed E-state index contributed by atoms with van der Waals surface area (Å²) in [6.45, 7) is 20.3. The van der Waals surface area contributed by atoms with E-state index in [1.54, 1.807) is 5.57 Å². The second kappa shape index (κ2) is 7.81. The molecule has 0 bridgehead atoms. The Kier molecular flexibility index (Phi) is 7.59. The van der Waals surface area contributed by atoms with Crippen molar-refractivity contribution in [3.8, 4) is 0 Å². The van der Waals surface area contributed by atoms with E-state index in [1.165, 1.54) is 12.8 Å². The highest BCUT2D eigenvalue weighted by Gasteiger charge is 2.38. The molecule has 0 heterocycles. The number of hydrogen-bond acceptors (Lipinski definition) is 0. The first-order valence-electron chi connectivity index (χ1n) is 7.68. The summed E-state index contributed by atoms with van der Waals surface area (Å²) in [5.41, 5.74) is 1.96. The third kappa shape index (κ3) is 3.49. The maximum absolute atomic E-state index is 4.00. The molecule has 0 aliphatic carbocycles. The van der Waals surface area contributed by atoms with E-state index in [1.807, 2.05) is 0 Å². The predicted octanol–water partition coefficient (Wildman–Crippen LogP) is 6.24. The average Bonchev–Trinajstić information content (AvgIpc) is 2.36. The minimum Gasteiger partial charge on any atom is -0.103 e. The topological polar surface area (TPSA) is 0 Å².